The quantitative estimate of drug-likeness (QED) is 0.214. The zero-order valence-electron chi connectivity index (χ0n) is 17.4. The Morgan fingerprint density at radius 3 is 1.80 bits per heavy atom. The standard InChI is InChI=1S/C25H26BrO3S/c1-19(18-28-24(27)25(2,3)26)29-20-14-16-23(17-15-20)30(21-10-6-4-7-11-21)22-12-8-5-9-13-22/h4-17,19H,18H2,1-3H3/q+1. The van der Waals surface area contributed by atoms with Crippen molar-refractivity contribution in [3.63, 3.8) is 0 Å². The van der Waals surface area contributed by atoms with Crippen LogP contribution in [0.25, 0.3) is 0 Å². The minimum Gasteiger partial charge on any atom is -0.487 e. The van der Waals surface area contributed by atoms with Crippen molar-refractivity contribution >= 4 is 32.8 Å². The SMILES string of the molecule is CC(COC(=O)C(C)(C)Br)Oc1ccc([S+](c2ccccc2)c2ccccc2)cc1. The Bertz CT molecular complexity index is 898. The van der Waals surface area contributed by atoms with Crippen molar-refractivity contribution in [1.82, 2.24) is 0 Å². The fourth-order valence-electron chi connectivity index (χ4n) is 2.81. The van der Waals surface area contributed by atoms with Crippen LogP contribution in [0.2, 0.25) is 0 Å². The maximum absolute atomic E-state index is 11.9. The van der Waals surface area contributed by atoms with Crippen molar-refractivity contribution < 1.29 is 14.3 Å². The van der Waals surface area contributed by atoms with Gasteiger partial charge in [-0.05, 0) is 69.3 Å². The first-order chi connectivity index (χ1) is 14.3. The monoisotopic (exact) mass is 485 g/mol. The molecule has 0 aromatic heterocycles. The summed E-state index contributed by atoms with van der Waals surface area (Å²) in [5.41, 5.74) is 0. The number of benzene rings is 3. The van der Waals surface area contributed by atoms with Gasteiger partial charge in [-0.2, -0.15) is 0 Å². The van der Waals surface area contributed by atoms with Crippen LogP contribution in [-0.2, 0) is 20.4 Å². The molecule has 0 spiro atoms. The van der Waals surface area contributed by atoms with Gasteiger partial charge in [0, 0.05) is 0 Å². The van der Waals surface area contributed by atoms with Crippen LogP contribution >= 0.6 is 15.9 Å². The summed E-state index contributed by atoms with van der Waals surface area (Å²) in [4.78, 5) is 15.7. The van der Waals surface area contributed by atoms with E-state index in [0.29, 0.717) is 0 Å². The van der Waals surface area contributed by atoms with Gasteiger partial charge in [0.25, 0.3) is 0 Å². The molecule has 0 aliphatic rings. The lowest BCUT2D eigenvalue weighted by Crippen LogP contribution is -2.30. The highest BCUT2D eigenvalue weighted by atomic mass is 79.9. The van der Waals surface area contributed by atoms with Crippen molar-refractivity contribution in [3.05, 3.63) is 84.9 Å². The van der Waals surface area contributed by atoms with Gasteiger partial charge in [-0.25, -0.2) is 0 Å². The molecule has 0 N–H and O–H groups in total. The van der Waals surface area contributed by atoms with Crippen LogP contribution in [0, 0.1) is 0 Å². The van der Waals surface area contributed by atoms with Crippen LogP contribution in [0.4, 0.5) is 0 Å². The lowest BCUT2D eigenvalue weighted by molar-refractivity contribution is -0.147. The van der Waals surface area contributed by atoms with E-state index in [1.54, 1.807) is 13.8 Å². The first kappa shape index (κ1) is 22.4. The van der Waals surface area contributed by atoms with E-state index >= 15 is 0 Å². The van der Waals surface area contributed by atoms with Crippen LogP contribution < -0.4 is 4.74 Å². The molecule has 1 atom stereocenters. The lowest BCUT2D eigenvalue weighted by atomic mass is 10.2. The summed E-state index contributed by atoms with van der Waals surface area (Å²) in [6.45, 7) is 5.61. The Morgan fingerprint density at radius 1 is 0.867 bits per heavy atom. The molecule has 0 heterocycles. The van der Waals surface area contributed by atoms with Gasteiger partial charge in [0.1, 0.15) is 22.8 Å². The highest BCUT2D eigenvalue weighted by Crippen LogP contribution is 2.32. The molecule has 0 amide bonds. The van der Waals surface area contributed by atoms with E-state index < -0.39 is 4.32 Å². The number of esters is 1. The molecule has 3 nitrogen and oxygen atoms in total. The molecule has 3 rings (SSSR count). The average molecular weight is 486 g/mol. The van der Waals surface area contributed by atoms with Crippen molar-refractivity contribution in [2.24, 2.45) is 0 Å². The van der Waals surface area contributed by atoms with Crippen LogP contribution in [0.1, 0.15) is 20.8 Å². The molecule has 0 saturated heterocycles. The summed E-state index contributed by atoms with van der Waals surface area (Å²) in [5.74, 6) is 0.452. The average Bonchev–Trinajstić information content (AvgIpc) is 2.74. The van der Waals surface area contributed by atoms with Gasteiger partial charge in [0.05, 0.1) is 10.9 Å². The number of hydrogen-bond acceptors (Lipinski definition) is 3. The molecule has 3 aromatic rings. The zero-order chi connectivity index (χ0) is 21.6. The van der Waals surface area contributed by atoms with Gasteiger partial charge in [-0.1, -0.05) is 52.3 Å². The third-order valence-electron chi connectivity index (χ3n) is 4.29. The van der Waals surface area contributed by atoms with Crippen LogP contribution in [-0.4, -0.2) is 23.0 Å². The van der Waals surface area contributed by atoms with E-state index in [-0.39, 0.29) is 29.6 Å². The smallest absolute Gasteiger partial charge is 0.322 e. The largest absolute Gasteiger partial charge is 0.487 e. The number of alkyl halides is 1. The van der Waals surface area contributed by atoms with Gasteiger partial charge in [0.2, 0.25) is 0 Å². The molecule has 3 aromatic carbocycles. The van der Waals surface area contributed by atoms with Crippen LogP contribution in [0.3, 0.4) is 0 Å². The van der Waals surface area contributed by atoms with Crippen LogP contribution in [0.15, 0.2) is 99.6 Å². The molecular formula is C25H26BrO3S+. The first-order valence-electron chi connectivity index (χ1n) is 9.82. The summed E-state index contributed by atoms with van der Waals surface area (Å²) in [5, 5.41) is 0. The minimum atomic E-state index is -0.695. The highest BCUT2D eigenvalue weighted by Gasteiger charge is 2.28. The maximum Gasteiger partial charge on any atom is 0.322 e. The molecule has 0 radical (unpaired) electrons. The summed E-state index contributed by atoms with van der Waals surface area (Å²) in [7, 11) is -0.185. The summed E-state index contributed by atoms with van der Waals surface area (Å²) >= 11 is 3.31. The Kier molecular flexibility index (Phi) is 7.62. The lowest BCUT2D eigenvalue weighted by Gasteiger charge is -2.19. The first-order valence-corrected chi connectivity index (χ1v) is 11.8. The van der Waals surface area contributed by atoms with Crippen LogP contribution in [0.5, 0.6) is 5.75 Å². The van der Waals surface area contributed by atoms with E-state index in [2.05, 4.69) is 76.6 Å². The third kappa shape index (κ3) is 6.13. The predicted molar refractivity (Wildman–Crippen MR) is 126 cm³/mol. The fraction of sp³-hybridized carbons (Fsp3) is 0.240. The molecule has 156 valence electrons. The second kappa shape index (κ2) is 10.2. The van der Waals surface area contributed by atoms with E-state index in [1.165, 1.54) is 14.7 Å². The van der Waals surface area contributed by atoms with E-state index in [1.807, 2.05) is 31.2 Å². The molecule has 0 bridgehead atoms. The number of carbonyl (C=O) groups is 1. The Labute approximate surface area is 189 Å². The zero-order valence-corrected chi connectivity index (χ0v) is 19.8. The Balaban J connectivity index is 1.72. The summed E-state index contributed by atoms with van der Waals surface area (Å²) < 4.78 is 10.5. The fourth-order valence-corrected chi connectivity index (χ4v) is 5.00. The molecule has 30 heavy (non-hydrogen) atoms. The second-order valence-corrected chi connectivity index (χ2v) is 11.4. The maximum atomic E-state index is 11.9. The van der Waals surface area contributed by atoms with E-state index in [0.717, 1.165) is 5.75 Å². The van der Waals surface area contributed by atoms with Gasteiger partial charge < -0.3 is 9.47 Å². The van der Waals surface area contributed by atoms with Gasteiger partial charge in [-0.3, -0.25) is 4.79 Å². The second-order valence-electron chi connectivity index (χ2n) is 7.40. The number of hydrogen-bond donors (Lipinski definition) is 0. The number of rotatable bonds is 8. The third-order valence-corrected chi connectivity index (χ3v) is 6.84. The molecule has 5 heteroatoms. The number of ether oxygens (including phenoxy) is 2. The van der Waals surface area contributed by atoms with E-state index in [4.69, 9.17) is 9.47 Å². The Hall–Kier alpha value is -2.24. The molecule has 0 aliphatic heterocycles. The molecule has 1 unspecified atom stereocenters. The predicted octanol–water partition coefficient (Wildman–Crippen LogP) is 6.27. The van der Waals surface area contributed by atoms with Crippen molar-refractivity contribution in [2.45, 2.75) is 45.9 Å². The Morgan fingerprint density at radius 2 is 1.33 bits per heavy atom. The molecule has 0 fully saturated rings. The summed E-state index contributed by atoms with van der Waals surface area (Å²) in [6.07, 6.45) is -0.240. The number of halogens is 1. The van der Waals surface area contributed by atoms with Crippen molar-refractivity contribution in [3.8, 4) is 5.75 Å². The van der Waals surface area contributed by atoms with Crippen molar-refractivity contribution in [1.29, 1.82) is 0 Å². The van der Waals surface area contributed by atoms with Gasteiger partial charge in [0.15, 0.2) is 14.7 Å². The van der Waals surface area contributed by atoms with Crippen molar-refractivity contribution in [2.75, 3.05) is 6.61 Å². The molecular weight excluding hydrogens is 460 g/mol. The highest BCUT2D eigenvalue weighted by molar-refractivity contribution is 9.10. The molecule has 0 saturated carbocycles. The molecule has 0 aliphatic carbocycles. The normalized spacial score (nSPS) is 12.4. The number of carbonyl (C=O) groups excluding carboxylic acids is 1. The van der Waals surface area contributed by atoms with E-state index in [9.17, 15) is 4.79 Å². The topological polar surface area (TPSA) is 35.5 Å². The van der Waals surface area contributed by atoms with Gasteiger partial charge >= 0.3 is 5.97 Å². The summed E-state index contributed by atoms with van der Waals surface area (Å²) in [6, 6.07) is 29.2. The minimum absolute atomic E-state index is 0.185. The van der Waals surface area contributed by atoms with Gasteiger partial charge in [-0.15, -0.1) is 0 Å².